The van der Waals surface area contributed by atoms with Crippen molar-refractivity contribution in [3.05, 3.63) is 23.8 Å². The molecule has 1 atom stereocenters. The van der Waals surface area contributed by atoms with E-state index in [1.807, 2.05) is 6.07 Å². The Morgan fingerprint density at radius 1 is 1.23 bits per heavy atom. The van der Waals surface area contributed by atoms with Crippen molar-refractivity contribution in [3.8, 4) is 0 Å². The molecule has 1 aromatic rings. The minimum Gasteiger partial charge on any atom is -0.378 e. The molecule has 11 heteroatoms. The Morgan fingerprint density at radius 2 is 2.03 bits per heavy atom. The number of halogens is 2. The molecule has 9 nitrogen and oxygen atoms in total. The average Bonchev–Trinajstić information content (AvgIpc) is 3.53. The molecule has 0 radical (unpaired) electrons. The lowest BCUT2D eigenvalue weighted by Gasteiger charge is -2.46. The topological polar surface area (TPSA) is 92.3 Å². The second-order valence-electron chi connectivity index (χ2n) is 8.52. The van der Waals surface area contributed by atoms with Crippen LogP contribution in [0.1, 0.15) is 37.2 Å². The molecule has 1 aliphatic carbocycles. The summed E-state index contributed by atoms with van der Waals surface area (Å²) >= 11 is 0. The van der Waals surface area contributed by atoms with E-state index in [9.17, 15) is 8.78 Å². The number of aliphatic imine (C=N–C) groups is 1. The summed E-state index contributed by atoms with van der Waals surface area (Å²) < 4.78 is 30.8. The molecule has 0 aromatic carbocycles. The second-order valence-corrected chi connectivity index (χ2v) is 8.52. The van der Waals surface area contributed by atoms with Gasteiger partial charge in [-0.15, -0.1) is 0 Å². The van der Waals surface area contributed by atoms with E-state index in [1.54, 1.807) is 6.20 Å². The monoisotopic (exact) mass is 435 g/mol. The van der Waals surface area contributed by atoms with Gasteiger partial charge in [-0.1, -0.05) is 0 Å². The smallest absolute Gasteiger partial charge is 0.365 e. The highest BCUT2D eigenvalue weighted by Crippen LogP contribution is 2.39. The van der Waals surface area contributed by atoms with E-state index < -0.39 is 6.61 Å². The van der Waals surface area contributed by atoms with Gasteiger partial charge in [0.2, 0.25) is 5.96 Å². The van der Waals surface area contributed by atoms with Crippen molar-refractivity contribution in [2.75, 3.05) is 44.3 Å². The van der Waals surface area contributed by atoms with Crippen LogP contribution in [0.4, 0.5) is 14.6 Å². The third-order valence-corrected chi connectivity index (χ3v) is 6.22. The van der Waals surface area contributed by atoms with Crippen LogP contribution in [0.2, 0.25) is 0 Å². The Bertz CT molecular complexity index is 888. The van der Waals surface area contributed by atoms with Crippen LogP contribution in [0.5, 0.6) is 0 Å². The molecule has 31 heavy (non-hydrogen) atoms. The number of ether oxygens (including phenoxy) is 1. The first-order valence-corrected chi connectivity index (χ1v) is 10.7. The third-order valence-electron chi connectivity index (χ3n) is 6.22. The lowest BCUT2D eigenvalue weighted by molar-refractivity contribution is -0.245. The van der Waals surface area contributed by atoms with Crippen molar-refractivity contribution in [2.45, 2.75) is 44.4 Å². The Morgan fingerprint density at radius 3 is 2.68 bits per heavy atom. The quantitative estimate of drug-likeness (QED) is 0.717. The van der Waals surface area contributed by atoms with Crippen molar-refractivity contribution in [3.63, 3.8) is 0 Å². The lowest BCUT2D eigenvalue weighted by atomic mass is 10.1. The molecule has 0 amide bonds. The number of hydrogen-bond donors (Lipinski definition) is 1. The molecule has 1 unspecified atom stereocenters. The Labute approximate surface area is 179 Å². The van der Waals surface area contributed by atoms with Crippen molar-refractivity contribution in [2.24, 2.45) is 10.7 Å². The third kappa shape index (κ3) is 4.35. The fourth-order valence-electron chi connectivity index (χ4n) is 4.20. The molecule has 168 valence electrons. The molecule has 2 saturated heterocycles. The fraction of sp³-hybridized carbons (Fsp3) is 0.650. The van der Waals surface area contributed by atoms with Crippen LogP contribution in [-0.4, -0.2) is 84.0 Å². The van der Waals surface area contributed by atoms with Gasteiger partial charge in [0.15, 0.2) is 0 Å². The molecule has 3 fully saturated rings. The predicted octanol–water partition coefficient (Wildman–Crippen LogP) is 1.39. The Balaban J connectivity index is 1.39. The molecule has 5 rings (SSSR count). The minimum absolute atomic E-state index is 0.0469. The van der Waals surface area contributed by atoms with Crippen LogP contribution in [0.3, 0.4) is 0 Å². The minimum atomic E-state index is -2.98. The van der Waals surface area contributed by atoms with Gasteiger partial charge < -0.3 is 15.4 Å². The number of rotatable bonds is 6. The second kappa shape index (κ2) is 8.29. The summed E-state index contributed by atoms with van der Waals surface area (Å²) in [6.45, 7) is 3.66. The molecule has 2 N–H and O–H groups in total. The zero-order valence-electron chi connectivity index (χ0n) is 17.5. The van der Waals surface area contributed by atoms with Gasteiger partial charge in [0.1, 0.15) is 11.6 Å². The van der Waals surface area contributed by atoms with Crippen molar-refractivity contribution >= 4 is 17.4 Å². The number of hydrogen-bond acceptors (Lipinski definition) is 9. The standard InChI is InChI=1S/C20H27F2N7O2/c1-12-8-27(15-10-30-11-15)4-5-28(12)17-6-16(25-18(26-17)13-2-3-13)14-7-24-20(23)29(9-14)31-19(21)22/h6-7,12-13,15,19H,2-5,8-11H2,1H3,(H2,23,24). The van der Waals surface area contributed by atoms with Gasteiger partial charge in [0.05, 0.1) is 31.5 Å². The molecule has 4 aliphatic rings. The molecule has 4 heterocycles. The summed E-state index contributed by atoms with van der Waals surface area (Å²) in [5.74, 6) is 1.92. The maximum Gasteiger partial charge on any atom is 0.365 e. The van der Waals surface area contributed by atoms with Gasteiger partial charge in [0.25, 0.3) is 0 Å². The average molecular weight is 435 g/mol. The van der Waals surface area contributed by atoms with E-state index in [0.29, 0.717) is 23.2 Å². The first-order chi connectivity index (χ1) is 15.0. The predicted molar refractivity (Wildman–Crippen MR) is 110 cm³/mol. The summed E-state index contributed by atoms with van der Waals surface area (Å²) in [5, 5.41) is 0.903. The summed E-state index contributed by atoms with van der Waals surface area (Å²) in [6.07, 6.45) is 3.71. The maximum absolute atomic E-state index is 12.7. The van der Waals surface area contributed by atoms with Crippen molar-refractivity contribution in [1.82, 2.24) is 19.9 Å². The molecule has 3 aliphatic heterocycles. The van der Waals surface area contributed by atoms with Crippen LogP contribution < -0.4 is 10.6 Å². The van der Waals surface area contributed by atoms with E-state index in [0.717, 1.165) is 62.4 Å². The SMILES string of the molecule is CC1CN(C2COC2)CCN1c1cc(C2=CN=C(N)N(OC(F)F)C2)nc(C2CC2)n1. The molecular formula is C20H27F2N7O2. The van der Waals surface area contributed by atoms with Crippen LogP contribution in [0.15, 0.2) is 17.3 Å². The first kappa shape index (κ1) is 20.5. The summed E-state index contributed by atoms with van der Waals surface area (Å²) in [7, 11) is 0. The van der Waals surface area contributed by atoms with E-state index in [-0.39, 0.29) is 18.5 Å². The summed E-state index contributed by atoms with van der Waals surface area (Å²) in [5.41, 5.74) is 7.03. The number of aromatic nitrogens is 2. The number of piperazine rings is 1. The maximum atomic E-state index is 12.7. The van der Waals surface area contributed by atoms with Gasteiger partial charge in [-0.05, 0) is 19.8 Å². The van der Waals surface area contributed by atoms with Crippen LogP contribution in [0, 0.1) is 0 Å². The Kier molecular flexibility index (Phi) is 5.49. The number of anilines is 1. The van der Waals surface area contributed by atoms with Crippen LogP contribution in [0.25, 0.3) is 5.57 Å². The number of hydroxylamine groups is 2. The number of nitrogens with two attached hydrogens (primary N) is 1. The van der Waals surface area contributed by atoms with Crippen molar-refractivity contribution < 1.29 is 18.4 Å². The van der Waals surface area contributed by atoms with E-state index in [2.05, 4.69) is 26.6 Å². The highest BCUT2D eigenvalue weighted by molar-refractivity contribution is 5.83. The van der Waals surface area contributed by atoms with E-state index >= 15 is 0 Å². The van der Waals surface area contributed by atoms with Gasteiger partial charge in [-0.2, -0.15) is 8.78 Å². The molecular weight excluding hydrogens is 408 g/mol. The van der Waals surface area contributed by atoms with Gasteiger partial charge >= 0.3 is 6.61 Å². The van der Waals surface area contributed by atoms with E-state index in [4.69, 9.17) is 20.4 Å². The lowest BCUT2D eigenvalue weighted by Crippen LogP contribution is -2.59. The summed E-state index contributed by atoms with van der Waals surface area (Å²) in [4.78, 5) is 22.9. The number of guanidine groups is 1. The number of nitrogens with zero attached hydrogens (tertiary/aromatic N) is 6. The van der Waals surface area contributed by atoms with Gasteiger partial charge in [-0.25, -0.2) is 24.9 Å². The Hall–Kier alpha value is -2.37. The van der Waals surface area contributed by atoms with Crippen LogP contribution >= 0.6 is 0 Å². The van der Waals surface area contributed by atoms with Gasteiger partial charge in [-0.3, -0.25) is 4.90 Å². The van der Waals surface area contributed by atoms with Gasteiger partial charge in [0, 0.05) is 49.4 Å². The molecule has 1 saturated carbocycles. The summed E-state index contributed by atoms with van der Waals surface area (Å²) in [6, 6.07) is 2.73. The molecule has 0 bridgehead atoms. The van der Waals surface area contributed by atoms with Crippen molar-refractivity contribution in [1.29, 1.82) is 0 Å². The zero-order valence-corrected chi connectivity index (χ0v) is 17.5. The van der Waals surface area contributed by atoms with Crippen LogP contribution in [-0.2, 0) is 9.57 Å². The largest absolute Gasteiger partial charge is 0.378 e. The zero-order chi connectivity index (χ0) is 21.5. The normalized spacial score (nSPS) is 25.5. The highest BCUT2D eigenvalue weighted by atomic mass is 19.3. The fourth-order valence-corrected chi connectivity index (χ4v) is 4.20. The molecule has 0 spiro atoms. The highest BCUT2D eigenvalue weighted by Gasteiger charge is 2.34. The number of alkyl halides is 2. The molecule has 1 aromatic heterocycles. The van der Waals surface area contributed by atoms with E-state index in [1.165, 1.54) is 0 Å². The first-order valence-electron chi connectivity index (χ1n) is 10.7.